The van der Waals surface area contributed by atoms with Crippen LogP contribution in [0.4, 0.5) is 0 Å². The Balaban J connectivity index is 0.0000167. The van der Waals surface area contributed by atoms with Crippen molar-refractivity contribution >= 4 is 43.5 Å². The van der Waals surface area contributed by atoms with Gasteiger partial charge < -0.3 is 64.0 Å². The first-order valence-corrected chi connectivity index (χ1v) is 48.2. The Labute approximate surface area is 684 Å². The molecule has 6 N–H and O–H groups in total. The maximum Gasteiger partial charge on any atom is 0.470 e. The Morgan fingerprint density at radius 1 is 0.384 bits per heavy atom. The number of amides is 2. The summed E-state index contributed by atoms with van der Waals surface area (Å²) >= 11 is 0. The summed E-state index contributed by atoms with van der Waals surface area (Å²) in [6.45, 7) is 21.1. The monoisotopic (exact) mass is 1620 g/mol. The number of nitrogens with one attached hydrogen (secondary N) is 2. The van der Waals surface area contributed by atoms with E-state index in [-0.39, 0.29) is 38.1 Å². The van der Waals surface area contributed by atoms with E-state index in [1.165, 1.54) is 122 Å². The van der Waals surface area contributed by atoms with Gasteiger partial charge in [0.15, 0.2) is 12.4 Å². The minimum atomic E-state index is -5.52. The number of phosphoric ester groups is 1. The average Bonchev–Trinajstić information content (AvgIpc) is 0.780. The van der Waals surface area contributed by atoms with E-state index in [0.717, 1.165) is 193 Å². The molecule has 21 nitrogen and oxygen atoms in total. The standard InChI is InChI=1S/C84H159N2O18P.C6H15N/c1-7-13-19-25-31-37-40-46-52-58-71(99-77(91)61-55-49-43-34-28-22-16-10-4)64-75(89)85-70(67-87)69-98-84-81(86-76(90)65-72(59-53-47-41-38-32-26-20-14-8-2)100-78(92)62-56-50-44-35-29-23-17-11-5)83(82(74(68-88)102-84)104-105(95,96)97)103-80(94)66-73(60-54-48-42-39-33-27-21-15-9-3)101-79(93)63-57-51-45-36-30-24-18-12-6;1-4-7(5-2)6-3/h70-74,81-84,87-88H,7-69H2,1-6H3,(H,85,89)(H,86,90)(H2,95,96,97);4-6H2,1-3H3/t70-,71+,72+,73+,74+,81+,82+,83+,84+;/m0./s1. The maximum atomic E-state index is 14.9. The van der Waals surface area contributed by atoms with Gasteiger partial charge in [-0.15, -0.1) is 0 Å². The Bertz CT molecular complexity index is 2240. The van der Waals surface area contributed by atoms with Gasteiger partial charge in [0.1, 0.15) is 36.6 Å². The Morgan fingerprint density at radius 3 is 0.964 bits per heavy atom. The predicted molar refractivity (Wildman–Crippen MR) is 454 cm³/mol. The first-order valence-electron chi connectivity index (χ1n) is 46.6. The summed E-state index contributed by atoms with van der Waals surface area (Å²) in [7, 11) is -5.52. The summed E-state index contributed by atoms with van der Waals surface area (Å²) < 4.78 is 55.4. The van der Waals surface area contributed by atoms with E-state index in [1.807, 2.05) is 0 Å². The molecular weight excluding hydrogens is 1440 g/mol. The minimum Gasteiger partial charge on any atom is -0.462 e. The van der Waals surface area contributed by atoms with Crippen LogP contribution in [-0.2, 0) is 66.3 Å². The van der Waals surface area contributed by atoms with Crippen LogP contribution in [0.2, 0.25) is 0 Å². The smallest absolute Gasteiger partial charge is 0.462 e. The first-order chi connectivity index (χ1) is 54.3. The Kier molecular flexibility index (Phi) is 75.4. The molecule has 112 heavy (non-hydrogen) atoms. The van der Waals surface area contributed by atoms with Gasteiger partial charge in [0, 0.05) is 19.3 Å². The van der Waals surface area contributed by atoms with Gasteiger partial charge in [0.25, 0.3) is 0 Å². The number of nitrogens with zero attached hydrogens (tertiary/aromatic N) is 1. The van der Waals surface area contributed by atoms with Crippen LogP contribution in [-0.4, -0.2) is 155 Å². The van der Waals surface area contributed by atoms with Crippen molar-refractivity contribution in [1.82, 2.24) is 15.5 Å². The second-order valence-corrected chi connectivity index (χ2v) is 33.4. The van der Waals surface area contributed by atoms with E-state index in [2.05, 4.69) is 77.8 Å². The third-order valence-electron chi connectivity index (χ3n) is 21.8. The molecule has 1 fully saturated rings. The van der Waals surface area contributed by atoms with E-state index in [1.54, 1.807) is 0 Å². The van der Waals surface area contributed by atoms with Crippen molar-refractivity contribution in [3.63, 3.8) is 0 Å². The molecule has 1 saturated heterocycles. The van der Waals surface area contributed by atoms with Gasteiger partial charge in [-0.05, 0) is 77.4 Å². The molecule has 9 atom stereocenters. The molecule has 0 aromatic carbocycles. The second kappa shape index (κ2) is 77.6. The molecule has 0 saturated carbocycles. The summed E-state index contributed by atoms with van der Waals surface area (Å²) in [4.78, 5) is 108. The molecular formula is C90H174N3O18P. The molecule has 1 heterocycles. The van der Waals surface area contributed by atoms with Gasteiger partial charge in [0.05, 0.1) is 45.1 Å². The summed E-state index contributed by atoms with van der Waals surface area (Å²) in [6.07, 6.45) is 44.3. The molecule has 0 aliphatic carbocycles. The fourth-order valence-corrected chi connectivity index (χ4v) is 15.3. The second-order valence-electron chi connectivity index (χ2n) is 32.2. The molecule has 22 heteroatoms. The number of unbranched alkanes of at least 4 members (excludes halogenated alkanes) is 45. The molecule has 0 aromatic heterocycles. The van der Waals surface area contributed by atoms with Crippen molar-refractivity contribution in [3.8, 4) is 0 Å². The lowest BCUT2D eigenvalue weighted by atomic mass is 9.95. The SMILES string of the molecule is CCCCCCCCCCC[C@H](CC(=O)N[C@@H](CO)CO[C@@H]1O[C@H](CO)[C@@H](OP(=O)(O)O)[C@H](OC(=O)C[C@@H](CCCCCCCCCCC)OC(=O)CCCCCCCCCC)[C@H]1NC(=O)C[C@@H](CCCCCCCCCCC)OC(=O)CCCCCCCCCC)OC(=O)CCCCCCCCCC.CCN(CC)CC. The van der Waals surface area contributed by atoms with Gasteiger partial charge >= 0.3 is 31.7 Å². The number of hydrogen-bond acceptors (Lipinski definition) is 17. The number of phosphoric acid groups is 1. The Hall–Kier alpha value is -3.27. The van der Waals surface area contributed by atoms with Gasteiger partial charge in [-0.3, -0.25) is 33.3 Å². The zero-order valence-electron chi connectivity index (χ0n) is 73.3. The van der Waals surface area contributed by atoms with E-state index in [0.29, 0.717) is 51.4 Å². The molecule has 0 spiro atoms. The molecule has 1 aliphatic heterocycles. The summed E-state index contributed by atoms with van der Waals surface area (Å²) in [6, 6.07) is -2.81. The van der Waals surface area contributed by atoms with Crippen LogP contribution in [0.3, 0.4) is 0 Å². The van der Waals surface area contributed by atoms with E-state index < -0.39 is 119 Å². The summed E-state index contributed by atoms with van der Waals surface area (Å²) in [5.41, 5.74) is 0. The lowest BCUT2D eigenvalue weighted by Crippen LogP contribution is -2.66. The number of carbonyl (C=O) groups is 6. The number of ether oxygens (including phenoxy) is 6. The van der Waals surface area contributed by atoms with Crippen LogP contribution < -0.4 is 10.6 Å². The van der Waals surface area contributed by atoms with Crippen molar-refractivity contribution in [2.45, 2.75) is 503 Å². The summed E-state index contributed by atoms with van der Waals surface area (Å²) in [5.74, 6) is -3.50. The predicted octanol–water partition coefficient (Wildman–Crippen LogP) is 21.7. The minimum absolute atomic E-state index is 0.151. The number of rotatable bonds is 79. The topological polar surface area (TPSA) is 292 Å². The van der Waals surface area contributed by atoms with Crippen LogP contribution in [0.25, 0.3) is 0 Å². The zero-order valence-corrected chi connectivity index (χ0v) is 74.2. The summed E-state index contributed by atoms with van der Waals surface area (Å²) in [5, 5.41) is 27.5. The van der Waals surface area contributed by atoms with Crippen LogP contribution in [0.1, 0.15) is 448 Å². The van der Waals surface area contributed by atoms with Crippen molar-refractivity contribution in [2.24, 2.45) is 0 Å². The van der Waals surface area contributed by atoms with Crippen molar-refractivity contribution in [3.05, 3.63) is 0 Å². The van der Waals surface area contributed by atoms with Crippen LogP contribution in [0.15, 0.2) is 0 Å². The lowest BCUT2D eigenvalue weighted by molar-refractivity contribution is -0.272. The fraction of sp³-hybridized carbons (Fsp3) is 0.933. The Morgan fingerprint density at radius 2 is 0.679 bits per heavy atom. The molecule has 0 radical (unpaired) electrons. The molecule has 1 aliphatic rings. The number of aliphatic hydroxyl groups excluding tert-OH is 2. The highest BCUT2D eigenvalue weighted by Gasteiger charge is 2.52. The highest BCUT2D eigenvalue weighted by Crippen LogP contribution is 2.42. The molecule has 1 rings (SSSR count). The number of aliphatic hydroxyl groups is 2. The number of hydrogen-bond donors (Lipinski definition) is 6. The third-order valence-corrected chi connectivity index (χ3v) is 22.3. The number of esters is 4. The van der Waals surface area contributed by atoms with E-state index in [9.17, 15) is 53.3 Å². The van der Waals surface area contributed by atoms with Crippen LogP contribution >= 0.6 is 7.82 Å². The normalized spacial score (nSPS) is 16.8. The van der Waals surface area contributed by atoms with Gasteiger partial charge in [0.2, 0.25) is 11.8 Å². The number of carbonyl (C=O) groups excluding carboxylic acids is 6. The molecule has 0 bridgehead atoms. The van der Waals surface area contributed by atoms with Gasteiger partial charge in [-0.2, -0.15) is 0 Å². The van der Waals surface area contributed by atoms with Crippen molar-refractivity contribution in [2.75, 3.05) is 39.5 Å². The molecule has 2 amide bonds. The molecule has 662 valence electrons. The molecule has 0 aromatic rings. The van der Waals surface area contributed by atoms with Crippen molar-refractivity contribution in [1.29, 1.82) is 0 Å². The van der Waals surface area contributed by atoms with E-state index in [4.69, 9.17) is 32.9 Å². The van der Waals surface area contributed by atoms with Crippen molar-refractivity contribution < 1.29 is 86.3 Å². The first kappa shape index (κ1) is 109. The molecule has 0 unspecified atom stereocenters. The highest BCUT2D eigenvalue weighted by atomic mass is 31.2. The zero-order chi connectivity index (χ0) is 82.8. The van der Waals surface area contributed by atoms with Crippen LogP contribution in [0, 0.1) is 0 Å². The third kappa shape index (κ3) is 64.8. The van der Waals surface area contributed by atoms with Crippen LogP contribution in [0.5, 0.6) is 0 Å². The van der Waals surface area contributed by atoms with Gasteiger partial charge in [-0.25, -0.2) is 4.57 Å². The largest absolute Gasteiger partial charge is 0.470 e. The quantitative estimate of drug-likeness (QED) is 0.0143. The van der Waals surface area contributed by atoms with E-state index >= 15 is 0 Å². The lowest BCUT2D eigenvalue weighted by Gasteiger charge is -2.45. The fourth-order valence-electron chi connectivity index (χ4n) is 14.7. The average molecular weight is 1620 g/mol. The highest BCUT2D eigenvalue weighted by molar-refractivity contribution is 7.46. The van der Waals surface area contributed by atoms with Gasteiger partial charge in [-0.1, -0.05) is 351 Å². The maximum absolute atomic E-state index is 14.9.